The Bertz CT molecular complexity index is 297. The summed E-state index contributed by atoms with van der Waals surface area (Å²) in [6, 6.07) is 7.85. The normalized spacial score (nSPS) is 11.8. The number of benzene rings is 1. The van der Waals surface area contributed by atoms with Crippen molar-refractivity contribution in [3.63, 3.8) is 0 Å². The van der Waals surface area contributed by atoms with Crippen LogP contribution in [0.15, 0.2) is 24.3 Å². The predicted molar refractivity (Wildman–Crippen MR) is 52.7 cm³/mol. The molecular formula is C11H13NO. The molecule has 0 heterocycles. The first kappa shape index (κ1) is 9.60. The summed E-state index contributed by atoms with van der Waals surface area (Å²) in [5.41, 5.74) is 1.21. The molecule has 0 spiro atoms. The molecule has 0 amide bonds. The van der Waals surface area contributed by atoms with E-state index in [9.17, 15) is 0 Å². The second-order valence-electron chi connectivity index (χ2n) is 3.08. The molecule has 0 saturated heterocycles. The third-order valence-corrected chi connectivity index (χ3v) is 1.71. The maximum absolute atomic E-state index is 6.68. The molecule has 1 atom stereocenters. The summed E-state index contributed by atoms with van der Waals surface area (Å²) >= 11 is 0. The van der Waals surface area contributed by atoms with Gasteiger partial charge in [-0.15, -0.1) is 0 Å². The molecule has 2 nitrogen and oxygen atoms in total. The smallest absolute Gasteiger partial charge is 0.250 e. The first-order chi connectivity index (χ1) is 6.22. The van der Waals surface area contributed by atoms with Crippen LogP contribution in [-0.4, -0.2) is 12.6 Å². The standard InChI is InChI=1S/C11H13NO/c1-9-4-6-11(7-5-9)13-10(2)8-12-3/h4-7,10H,8H2,1-2H3. The van der Waals surface area contributed by atoms with Gasteiger partial charge in [0.15, 0.2) is 6.10 Å². The topological polar surface area (TPSA) is 13.6 Å². The van der Waals surface area contributed by atoms with Crippen molar-refractivity contribution in [1.29, 1.82) is 0 Å². The number of aryl methyl sites for hydroxylation is 1. The second-order valence-corrected chi connectivity index (χ2v) is 3.08. The molecular weight excluding hydrogens is 162 g/mol. The fourth-order valence-electron chi connectivity index (χ4n) is 1.01. The van der Waals surface area contributed by atoms with Crippen LogP contribution in [0.3, 0.4) is 0 Å². The Morgan fingerprint density at radius 3 is 2.54 bits per heavy atom. The Morgan fingerprint density at radius 2 is 2.00 bits per heavy atom. The Kier molecular flexibility index (Phi) is 3.33. The minimum atomic E-state index is -0.0276. The SMILES string of the molecule is [C-]#[N+]CC(C)Oc1ccc(C)cc1. The van der Waals surface area contributed by atoms with Gasteiger partial charge in [-0.3, -0.25) is 0 Å². The van der Waals surface area contributed by atoms with Crippen molar-refractivity contribution in [2.75, 3.05) is 6.54 Å². The third kappa shape index (κ3) is 3.16. The van der Waals surface area contributed by atoms with E-state index in [2.05, 4.69) is 4.85 Å². The molecule has 2 heteroatoms. The summed E-state index contributed by atoms with van der Waals surface area (Å²) in [6.45, 7) is 11.0. The van der Waals surface area contributed by atoms with Crippen LogP contribution in [0.1, 0.15) is 12.5 Å². The van der Waals surface area contributed by atoms with Gasteiger partial charge in [-0.1, -0.05) is 17.7 Å². The van der Waals surface area contributed by atoms with Crippen molar-refractivity contribution in [3.05, 3.63) is 41.2 Å². The first-order valence-electron chi connectivity index (χ1n) is 4.29. The van der Waals surface area contributed by atoms with Gasteiger partial charge in [-0.05, 0) is 26.0 Å². The average molecular weight is 175 g/mol. The maximum atomic E-state index is 6.68. The number of ether oxygens (including phenoxy) is 1. The van der Waals surface area contributed by atoms with Crippen LogP contribution >= 0.6 is 0 Å². The summed E-state index contributed by atoms with van der Waals surface area (Å²) in [5, 5.41) is 0. The molecule has 0 radical (unpaired) electrons. The summed E-state index contributed by atoms with van der Waals surface area (Å²) < 4.78 is 5.50. The maximum Gasteiger partial charge on any atom is 0.250 e. The highest BCUT2D eigenvalue weighted by Crippen LogP contribution is 2.13. The molecule has 0 bridgehead atoms. The van der Waals surface area contributed by atoms with Crippen LogP contribution in [-0.2, 0) is 0 Å². The highest BCUT2D eigenvalue weighted by molar-refractivity contribution is 5.26. The Morgan fingerprint density at radius 1 is 1.38 bits per heavy atom. The Hall–Kier alpha value is -1.49. The van der Waals surface area contributed by atoms with Crippen molar-refractivity contribution < 1.29 is 4.74 Å². The molecule has 0 fully saturated rings. The van der Waals surface area contributed by atoms with E-state index in [-0.39, 0.29) is 6.10 Å². The second kappa shape index (κ2) is 4.51. The number of nitrogens with zero attached hydrogens (tertiary/aromatic N) is 1. The van der Waals surface area contributed by atoms with Gasteiger partial charge >= 0.3 is 0 Å². The lowest BCUT2D eigenvalue weighted by Gasteiger charge is -2.09. The van der Waals surface area contributed by atoms with Crippen molar-refractivity contribution in [3.8, 4) is 5.75 Å². The van der Waals surface area contributed by atoms with Gasteiger partial charge in [0.25, 0.3) is 6.54 Å². The highest BCUT2D eigenvalue weighted by atomic mass is 16.5. The van der Waals surface area contributed by atoms with Gasteiger partial charge in [-0.2, -0.15) is 0 Å². The van der Waals surface area contributed by atoms with Crippen molar-refractivity contribution in [2.45, 2.75) is 20.0 Å². The van der Waals surface area contributed by atoms with E-state index in [0.29, 0.717) is 6.54 Å². The van der Waals surface area contributed by atoms with Crippen LogP contribution in [0, 0.1) is 13.5 Å². The van der Waals surface area contributed by atoms with E-state index in [1.165, 1.54) is 5.56 Å². The lowest BCUT2D eigenvalue weighted by molar-refractivity contribution is 0.238. The molecule has 0 aliphatic rings. The predicted octanol–water partition coefficient (Wildman–Crippen LogP) is 2.68. The summed E-state index contributed by atoms with van der Waals surface area (Å²) in [6.07, 6.45) is -0.0276. The van der Waals surface area contributed by atoms with Crippen LogP contribution in [0.5, 0.6) is 5.75 Å². The third-order valence-electron chi connectivity index (χ3n) is 1.71. The molecule has 0 aliphatic heterocycles. The summed E-state index contributed by atoms with van der Waals surface area (Å²) in [5.74, 6) is 0.835. The van der Waals surface area contributed by atoms with E-state index in [4.69, 9.17) is 11.3 Å². The number of hydrogen-bond donors (Lipinski definition) is 0. The monoisotopic (exact) mass is 175 g/mol. The van der Waals surface area contributed by atoms with Gasteiger partial charge in [0.2, 0.25) is 0 Å². The zero-order valence-corrected chi connectivity index (χ0v) is 7.95. The van der Waals surface area contributed by atoms with Crippen LogP contribution < -0.4 is 4.74 Å². The van der Waals surface area contributed by atoms with E-state index >= 15 is 0 Å². The molecule has 0 aliphatic carbocycles. The molecule has 68 valence electrons. The lowest BCUT2D eigenvalue weighted by Crippen LogP contribution is -2.14. The summed E-state index contributed by atoms with van der Waals surface area (Å²) in [4.78, 5) is 3.27. The molecule has 0 N–H and O–H groups in total. The van der Waals surface area contributed by atoms with E-state index in [1.54, 1.807) is 0 Å². The molecule has 1 aromatic carbocycles. The fraction of sp³-hybridized carbons (Fsp3) is 0.364. The van der Waals surface area contributed by atoms with Gasteiger partial charge < -0.3 is 9.58 Å². The Balaban J connectivity index is 2.55. The fourth-order valence-corrected chi connectivity index (χ4v) is 1.01. The molecule has 0 aromatic heterocycles. The molecule has 1 aromatic rings. The molecule has 1 unspecified atom stereocenters. The van der Waals surface area contributed by atoms with Gasteiger partial charge in [0, 0.05) is 0 Å². The molecule has 1 rings (SSSR count). The van der Waals surface area contributed by atoms with Crippen LogP contribution in [0.2, 0.25) is 0 Å². The van der Waals surface area contributed by atoms with Gasteiger partial charge in [-0.25, -0.2) is 6.57 Å². The zero-order chi connectivity index (χ0) is 9.68. The van der Waals surface area contributed by atoms with E-state index in [0.717, 1.165) is 5.75 Å². The average Bonchev–Trinajstić information content (AvgIpc) is 2.09. The van der Waals surface area contributed by atoms with E-state index in [1.807, 2.05) is 38.1 Å². The van der Waals surface area contributed by atoms with Crippen molar-refractivity contribution in [2.24, 2.45) is 0 Å². The largest absolute Gasteiger partial charge is 0.483 e. The minimum absolute atomic E-state index is 0.0276. The molecule has 0 saturated carbocycles. The zero-order valence-electron chi connectivity index (χ0n) is 7.95. The first-order valence-corrected chi connectivity index (χ1v) is 4.29. The van der Waals surface area contributed by atoms with Crippen LogP contribution in [0.4, 0.5) is 0 Å². The van der Waals surface area contributed by atoms with Crippen LogP contribution in [0.25, 0.3) is 4.85 Å². The van der Waals surface area contributed by atoms with Crippen molar-refractivity contribution >= 4 is 0 Å². The number of rotatable bonds is 3. The number of hydrogen-bond acceptors (Lipinski definition) is 1. The quantitative estimate of drug-likeness (QED) is 0.644. The summed E-state index contributed by atoms with van der Waals surface area (Å²) in [7, 11) is 0. The van der Waals surface area contributed by atoms with E-state index < -0.39 is 0 Å². The molecule has 13 heavy (non-hydrogen) atoms. The van der Waals surface area contributed by atoms with Gasteiger partial charge in [0.05, 0.1) is 0 Å². The highest BCUT2D eigenvalue weighted by Gasteiger charge is 2.05. The van der Waals surface area contributed by atoms with Gasteiger partial charge in [0.1, 0.15) is 5.75 Å². The van der Waals surface area contributed by atoms with Crippen molar-refractivity contribution in [1.82, 2.24) is 0 Å². The Labute approximate surface area is 79.0 Å². The minimum Gasteiger partial charge on any atom is -0.483 e. The lowest BCUT2D eigenvalue weighted by atomic mass is 10.2.